The first-order valence-corrected chi connectivity index (χ1v) is 7.73. The lowest BCUT2D eigenvalue weighted by Crippen LogP contribution is -2.38. The van der Waals surface area contributed by atoms with Crippen LogP contribution in [0.15, 0.2) is 16.5 Å². The molecule has 0 N–H and O–H groups in total. The SMILES string of the molecule is O=[N+]([O-])c1cc2nc(N3CCN4CCC3CC4)oc2cc1Cl. The molecule has 0 amide bonds. The number of nitro benzene ring substituents is 1. The van der Waals surface area contributed by atoms with Gasteiger partial charge in [0.1, 0.15) is 10.5 Å². The maximum atomic E-state index is 11.0. The summed E-state index contributed by atoms with van der Waals surface area (Å²) in [5.41, 5.74) is 0.826. The molecule has 0 aliphatic carbocycles. The first-order chi connectivity index (χ1) is 10.6. The molecule has 2 aromatic rings. The molecule has 3 fully saturated rings. The maximum absolute atomic E-state index is 11.0. The average molecular weight is 323 g/mol. The lowest BCUT2D eigenvalue weighted by molar-refractivity contribution is -0.384. The maximum Gasteiger partial charge on any atom is 0.298 e. The molecule has 0 spiro atoms. The van der Waals surface area contributed by atoms with E-state index in [1.165, 1.54) is 12.1 Å². The number of hydrogen-bond donors (Lipinski definition) is 0. The van der Waals surface area contributed by atoms with E-state index in [0.29, 0.717) is 23.2 Å². The fraction of sp³-hybridized carbons (Fsp3) is 0.500. The number of hydrogen-bond acceptors (Lipinski definition) is 6. The van der Waals surface area contributed by atoms with Crippen molar-refractivity contribution in [1.29, 1.82) is 0 Å². The van der Waals surface area contributed by atoms with Crippen LogP contribution in [-0.4, -0.2) is 47.0 Å². The second-order valence-electron chi connectivity index (χ2n) is 5.79. The number of nitrogens with zero attached hydrogens (tertiary/aromatic N) is 4. The predicted octanol–water partition coefficient (Wildman–Crippen LogP) is 2.67. The molecule has 22 heavy (non-hydrogen) atoms. The number of rotatable bonds is 2. The number of halogens is 1. The van der Waals surface area contributed by atoms with Crippen LogP contribution < -0.4 is 4.90 Å². The van der Waals surface area contributed by atoms with Gasteiger partial charge in [0.05, 0.1) is 4.92 Å². The molecule has 1 aromatic heterocycles. The van der Waals surface area contributed by atoms with E-state index in [4.69, 9.17) is 16.0 Å². The second kappa shape index (κ2) is 5.10. The Kier molecular flexibility index (Phi) is 3.19. The zero-order chi connectivity index (χ0) is 15.3. The van der Waals surface area contributed by atoms with Crippen LogP contribution in [0.1, 0.15) is 12.8 Å². The first-order valence-electron chi connectivity index (χ1n) is 7.35. The van der Waals surface area contributed by atoms with Crippen molar-refractivity contribution in [2.24, 2.45) is 0 Å². The molecule has 5 rings (SSSR count). The lowest BCUT2D eigenvalue weighted by atomic mass is 10.1. The first kappa shape index (κ1) is 13.8. The summed E-state index contributed by atoms with van der Waals surface area (Å²) in [5.74, 6) is 0. The Hall–Kier alpha value is -1.86. The fourth-order valence-corrected chi connectivity index (χ4v) is 3.55. The minimum absolute atomic E-state index is 0.0723. The van der Waals surface area contributed by atoms with E-state index in [9.17, 15) is 10.1 Å². The zero-order valence-electron chi connectivity index (χ0n) is 11.9. The van der Waals surface area contributed by atoms with E-state index in [1.54, 1.807) is 0 Å². The van der Waals surface area contributed by atoms with Crippen molar-refractivity contribution in [2.75, 3.05) is 31.1 Å². The highest BCUT2D eigenvalue weighted by Crippen LogP contribution is 2.33. The monoisotopic (exact) mass is 322 g/mol. The molecule has 116 valence electrons. The average Bonchev–Trinajstić information content (AvgIpc) is 2.68. The van der Waals surface area contributed by atoms with Crippen LogP contribution in [0, 0.1) is 10.1 Å². The molecule has 3 aliphatic rings. The van der Waals surface area contributed by atoms with E-state index < -0.39 is 4.92 Å². The number of piperidine rings is 1. The quantitative estimate of drug-likeness (QED) is 0.625. The molecule has 1 aromatic carbocycles. The van der Waals surface area contributed by atoms with Gasteiger partial charge in [0.2, 0.25) is 0 Å². The fourth-order valence-electron chi connectivity index (χ4n) is 3.33. The van der Waals surface area contributed by atoms with Gasteiger partial charge in [-0.25, -0.2) is 0 Å². The summed E-state index contributed by atoms with van der Waals surface area (Å²) in [6.45, 7) is 4.08. The van der Waals surface area contributed by atoms with Crippen LogP contribution in [0.25, 0.3) is 11.1 Å². The van der Waals surface area contributed by atoms with Gasteiger partial charge < -0.3 is 14.2 Å². The van der Waals surface area contributed by atoms with E-state index in [1.807, 2.05) is 0 Å². The molecule has 8 heteroatoms. The van der Waals surface area contributed by atoms with E-state index in [0.717, 1.165) is 39.0 Å². The summed E-state index contributed by atoms with van der Waals surface area (Å²) in [7, 11) is 0. The highest BCUT2D eigenvalue weighted by molar-refractivity contribution is 6.33. The molecule has 0 atom stereocenters. The van der Waals surface area contributed by atoms with E-state index in [2.05, 4.69) is 14.8 Å². The van der Waals surface area contributed by atoms with Gasteiger partial charge in [0.15, 0.2) is 5.58 Å². The molecule has 4 heterocycles. The Morgan fingerprint density at radius 3 is 2.77 bits per heavy atom. The molecule has 3 saturated heterocycles. The van der Waals surface area contributed by atoms with Crippen molar-refractivity contribution < 1.29 is 9.34 Å². The van der Waals surface area contributed by atoms with E-state index in [-0.39, 0.29) is 10.7 Å². The third-order valence-electron chi connectivity index (χ3n) is 4.54. The van der Waals surface area contributed by atoms with Gasteiger partial charge in [0, 0.05) is 44.4 Å². The van der Waals surface area contributed by atoms with Crippen LogP contribution in [-0.2, 0) is 0 Å². The summed E-state index contributed by atoms with van der Waals surface area (Å²) in [6.07, 6.45) is 2.19. The van der Waals surface area contributed by atoms with Gasteiger partial charge in [-0.3, -0.25) is 10.1 Å². The minimum Gasteiger partial charge on any atom is -0.423 e. The Morgan fingerprint density at radius 1 is 1.27 bits per heavy atom. The van der Waals surface area contributed by atoms with Crippen molar-refractivity contribution in [3.63, 3.8) is 0 Å². The van der Waals surface area contributed by atoms with Gasteiger partial charge in [-0.15, -0.1) is 0 Å². The molecule has 0 unspecified atom stereocenters. The van der Waals surface area contributed by atoms with Crippen molar-refractivity contribution >= 4 is 34.4 Å². The standard InChI is InChI=1S/C14H15ClN4O3/c15-10-7-13-11(8-12(10)19(20)21)16-14(22-13)18-6-5-17-3-1-9(18)2-4-17/h7-9H,1-6H2. The van der Waals surface area contributed by atoms with Crippen molar-refractivity contribution in [3.8, 4) is 0 Å². The molecule has 0 saturated carbocycles. The van der Waals surface area contributed by atoms with Crippen LogP contribution in [0.5, 0.6) is 0 Å². The molecule has 7 nitrogen and oxygen atoms in total. The van der Waals surface area contributed by atoms with Crippen LogP contribution in [0.2, 0.25) is 5.02 Å². The van der Waals surface area contributed by atoms with Gasteiger partial charge >= 0.3 is 0 Å². The molecular weight excluding hydrogens is 308 g/mol. The lowest BCUT2D eigenvalue weighted by Gasteiger charge is -2.30. The zero-order valence-corrected chi connectivity index (χ0v) is 12.6. The second-order valence-corrected chi connectivity index (χ2v) is 6.20. The number of anilines is 1. The minimum atomic E-state index is -0.503. The topological polar surface area (TPSA) is 75.7 Å². The number of nitro groups is 1. The van der Waals surface area contributed by atoms with Gasteiger partial charge in [0.25, 0.3) is 11.7 Å². The number of oxazole rings is 1. The summed E-state index contributed by atoms with van der Waals surface area (Å²) >= 11 is 5.93. The van der Waals surface area contributed by atoms with Crippen LogP contribution in [0.4, 0.5) is 11.7 Å². The Labute approximate surface area is 131 Å². The van der Waals surface area contributed by atoms with Crippen molar-refractivity contribution in [2.45, 2.75) is 18.9 Å². The number of benzene rings is 1. The third kappa shape index (κ3) is 2.21. The summed E-state index contributed by atoms with van der Waals surface area (Å²) in [6, 6.07) is 3.82. The normalized spacial score (nSPS) is 24.7. The van der Waals surface area contributed by atoms with Gasteiger partial charge in [-0.1, -0.05) is 11.6 Å². The Bertz CT molecular complexity index is 739. The Balaban J connectivity index is 1.74. The smallest absolute Gasteiger partial charge is 0.298 e. The predicted molar refractivity (Wildman–Crippen MR) is 82.5 cm³/mol. The summed E-state index contributed by atoms with van der Waals surface area (Å²) in [5, 5.41) is 11.0. The molecular formula is C14H15ClN4O3. The van der Waals surface area contributed by atoms with Gasteiger partial charge in [-0.05, 0) is 12.8 Å². The Morgan fingerprint density at radius 2 is 2.05 bits per heavy atom. The van der Waals surface area contributed by atoms with E-state index >= 15 is 0 Å². The van der Waals surface area contributed by atoms with Crippen LogP contribution in [0.3, 0.4) is 0 Å². The molecule has 3 aliphatic heterocycles. The third-order valence-corrected chi connectivity index (χ3v) is 4.85. The summed E-state index contributed by atoms with van der Waals surface area (Å²) in [4.78, 5) is 19.6. The van der Waals surface area contributed by atoms with Crippen molar-refractivity contribution in [3.05, 3.63) is 27.3 Å². The number of aromatic nitrogens is 1. The molecule has 2 bridgehead atoms. The van der Waals surface area contributed by atoms with Crippen LogP contribution >= 0.6 is 11.6 Å². The van der Waals surface area contributed by atoms with Crippen molar-refractivity contribution in [1.82, 2.24) is 9.88 Å². The highest BCUT2D eigenvalue weighted by atomic mass is 35.5. The molecule has 0 radical (unpaired) electrons. The largest absolute Gasteiger partial charge is 0.423 e. The number of fused-ring (bicyclic) bond motifs is 5. The highest BCUT2D eigenvalue weighted by Gasteiger charge is 2.32. The summed E-state index contributed by atoms with van der Waals surface area (Å²) < 4.78 is 5.82. The van der Waals surface area contributed by atoms with Gasteiger partial charge in [-0.2, -0.15) is 4.98 Å².